The first-order chi connectivity index (χ1) is 12.0. The lowest BCUT2D eigenvalue weighted by atomic mass is 10.1. The van der Waals surface area contributed by atoms with Gasteiger partial charge in [-0.25, -0.2) is 4.79 Å². The molecule has 5 nitrogen and oxygen atoms in total. The Morgan fingerprint density at radius 3 is 2.60 bits per heavy atom. The van der Waals surface area contributed by atoms with Crippen LogP contribution in [0.4, 0.5) is 0 Å². The first-order valence-electron chi connectivity index (χ1n) is 7.82. The van der Waals surface area contributed by atoms with Crippen LogP contribution in [0.2, 0.25) is 0 Å². The molecule has 2 N–H and O–H groups in total. The van der Waals surface area contributed by atoms with Crippen LogP contribution in [-0.4, -0.2) is 23.5 Å². The number of aromatic amines is 1. The highest BCUT2D eigenvalue weighted by atomic mass is 79.9. The molecule has 0 radical (unpaired) electrons. The van der Waals surface area contributed by atoms with Crippen molar-refractivity contribution in [3.05, 3.63) is 70.3 Å². The number of halogens is 1. The number of para-hydroxylation sites is 1. The van der Waals surface area contributed by atoms with Crippen molar-refractivity contribution in [2.45, 2.75) is 13.0 Å². The molecular weight excluding hydrogens is 384 g/mol. The topological polar surface area (TPSA) is 71.2 Å². The summed E-state index contributed by atoms with van der Waals surface area (Å²) < 4.78 is 6.06. The van der Waals surface area contributed by atoms with Crippen LogP contribution in [0.15, 0.2) is 59.1 Å². The second-order valence-electron chi connectivity index (χ2n) is 5.69. The SMILES string of the molecule is C[C@@H](NC(=O)COC(=O)c1cc2ccccc2[nH]1)c1ccc(Br)cc1. The van der Waals surface area contributed by atoms with Gasteiger partial charge in [-0.3, -0.25) is 4.79 Å². The van der Waals surface area contributed by atoms with Crippen molar-refractivity contribution in [2.24, 2.45) is 0 Å². The summed E-state index contributed by atoms with van der Waals surface area (Å²) in [5.41, 5.74) is 2.15. The van der Waals surface area contributed by atoms with Gasteiger partial charge in [-0.05, 0) is 36.8 Å². The lowest BCUT2D eigenvalue weighted by molar-refractivity contribution is -0.124. The molecule has 0 unspecified atom stereocenters. The molecule has 2 aromatic carbocycles. The molecule has 0 saturated carbocycles. The van der Waals surface area contributed by atoms with Crippen LogP contribution < -0.4 is 5.32 Å². The van der Waals surface area contributed by atoms with Crippen LogP contribution in [0.5, 0.6) is 0 Å². The number of rotatable bonds is 5. The maximum absolute atomic E-state index is 12.1. The van der Waals surface area contributed by atoms with E-state index in [0.29, 0.717) is 5.69 Å². The first-order valence-corrected chi connectivity index (χ1v) is 8.62. The van der Waals surface area contributed by atoms with E-state index in [1.807, 2.05) is 55.5 Å². The van der Waals surface area contributed by atoms with Crippen molar-refractivity contribution in [3.8, 4) is 0 Å². The van der Waals surface area contributed by atoms with Crippen molar-refractivity contribution < 1.29 is 14.3 Å². The Balaban J connectivity index is 1.54. The zero-order chi connectivity index (χ0) is 17.8. The number of H-pyrrole nitrogens is 1. The van der Waals surface area contributed by atoms with E-state index in [1.54, 1.807) is 6.07 Å². The lowest BCUT2D eigenvalue weighted by Gasteiger charge is -2.14. The largest absolute Gasteiger partial charge is 0.451 e. The van der Waals surface area contributed by atoms with Crippen LogP contribution in [0.3, 0.4) is 0 Å². The van der Waals surface area contributed by atoms with Crippen LogP contribution in [0.1, 0.15) is 29.0 Å². The quantitative estimate of drug-likeness (QED) is 0.636. The van der Waals surface area contributed by atoms with Crippen molar-refractivity contribution >= 4 is 38.7 Å². The number of nitrogens with one attached hydrogen (secondary N) is 2. The number of carbonyl (C=O) groups is 2. The third kappa shape index (κ3) is 4.28. The summed E-state index contributed by atoms with van der Waals surface area (Å²) >= 11 is 3.37. The molecule has 6 heteroatoms. The number of aromatic nitrogens is 1. The van der Waals surface area contributed by atoms with Gasteiger partial charge in [-0.2, -0.15) is 0 Å². The minimum Gasteiger partial charge on any atom is -0.451 e. The number of amides is 1. The van der Waals surface area contributed by atoms with E-state index < -0.39 is 5.97 Å². The normalized spacial score (nSPS) is 11.9. The summed E-state index contributed by atoms with van der Waals surface area (Å²) in [7, 11) is 0. The molecule has 0 aliphatic rings. The second kappa shape index (κ2) is 7.53. The standard InChI is InChI=1S/C19H17BrN2O3/c1-12(13-6-8-15(20)9-7-13)21-18(23)11-25-19(24)17-10-14-4-2-3-5-16(14)22-17/h2-10,12,22H,11H2,1H3,(H,21,23)/t12-/m1/s1. The highest BCUT2D eigenvalue weighted by Crippen LogP contribution is 2.17. The Kier molecular flexibility index (Phi) is 5.19. The van der Waals surface area contributed by atoms with Gasteiger partial charge < -0.3 is 15.0 Å². The van der Waals surface area contributed by atoms with E-state index in [2.05, 4.69) is 26.2 Å². The van der Waals surface area contributed by atoms with Gasteiger partial charge in [0, 0.05) is 15.4 Å². The molecule has 0 aliphatic heterocycles. The van der Waals surface area contributed by atoms with E-state index in [4.69, 9.17) is 4.74 Å². The molecular formula is C19H17BrN2O3. The third-order valence-electron chi connectivity index (χ3n) is 3.83. The average Bonchev–Trinajstić information content (AvgIpc) is 3.04. The molecule has 1 aromatic heterocycles. The zero-order valence-electron chi connectivity index (χ0n) is 13.6. The van der Waals surface area contributed by atoms with Gasteiger partial charge in [-0.1, -0.05) is 46.3 Å². The third-order valence-corrected chi connectivity index (χ3v) is 4.36. The van der Waals surface area contributed by atoms with Crippen LogP contribution in [0.25, 0.3) is 10.9 Å². The van der Waals surface area contributed by atoms with E-state index in [-0.39, 0.29) is 18.6 Å². The number of fused-ring (bicyclic) bond motifs is 1. The monoisotopic (exact) mass is 400 g/mol. The molecule has 1 heterocycles. The number of hydrogen-bond donors (Lipinski definition) is 2. The van der Waals surface area contributed by atoms with E-state index >= 15 is 0 Å². The highest BCUT2D eigenvalue weighted by Gasteiger charge is 2.14. The zero-order valence-corrected chi connectivity index (χ0v) is 15.2. The van der Waals surface area contributed by atoms with Crippen molar-refractivity contribution in [1.29, 1.82) is 0 Å². The molecule has 3 rings (SSSR count). The molecule has 0 saturated heterocycles. The number of benzene rings is 2. The Morgan fingerprint density at radius 1 is 1.16 bits per heavy atom. The number of ether oxygens (including phenoxy) is 1. The first kappa shape index (κ1) is 17.2. The molecule has 1 atom stereocenters. The van der Waals surface area contributed by atoms with Crippen molar-refractivity contribution in [2.75, 3.05) is 6.61 Å². The minimum atomic E-state index is -0.553. The summed E-state index contributed by atoms with van der Waals surface area (Å²) in [4.78, 5) is 27.0. The Bertz CT molecular complexity index is 869. The van der Waals surface area contributed by atoms with Crippen LogP contribution >= 0.6 is 15.9 Å². The molecule has 0 bridgehead atoms. The van der Waals surface area contributed by atoms with E-state index in [1.165, 1.54) is 0 Å². The van der Waals surface area contributed by atoms with Gasteiger partial charge in [0.25, 0.3) is 5.91 Å². The van der Waals surface area contributed by atoms with Gasteiger partial charge in [-0.15, -0.1) is 0 Å². The fourth-order valence-electron chi connectivity index (χ4n) is 2.51. The molecule has 0 spiro atoms. The molecule has 0 fully saturated rings. The maximum atomic E-state index is 12.1. The Labute approximate surface area is 153 Å². The fourth-order valence-corrected chi connectivity index (χ4v) is 2.77. The summed E-state index contributed by atoms with van der Waals surface area (Å²) in [5.74, 6) is -0.900. The van der Waals surface area contributed by atoms with Gasteiger partial charge in [0.2, 0.25) is 0 Å². The fraction of sp³-hybridized carbons (Fsp3) is 0.158. The minimum absolute atomic E-state index is 0.174. The van der Waals surface area contributed by atoms with Crippen LogP contribution in [0, 0.1) is 0 Å². The smallest absolute Gasteiger partial charge is 0.355 e. The average molecular weight is 401 g/mol. The number of esters is 1. The van der Waals surface area contributed by atoms with Gasteiger partial charge in [0.15, 0.2) is 6.61 Å². The summed E-state index contributed by atoms with van der Waals surface area (Å²) in [6, 6.07) is 16.7. The predicted octanol–water partition coefficient (Wildman–Crippen LogP) is 3.96. The molecule has 1 amide bonds. The Hall–Kier alpha value is -2.60. The van der Waals surface area contributed by atoms with Gasteiger partial charge in [0.1, 0.15) is 5.69 Å². The molecule has 3 aromatic rings. The second-order valence-corrected chi connectivity index (χ2v) is 6.60. The number of hydrogen-bond acceptors (Lipinski definition) is 3. The van der Waals surface area contributed by atoms with Crippen molar-refractivity contribution in [1.82, 2.24) is 10.3 Å². The van der Waals surface area contributed by atoms with Gasteiger partial charge in [0.05, 0.1) is 6.04 Å². The lowest BCUT2D eigenvalue weighted by Crippen LogP contribution is -2.31. The highest BCUT2D eigenvalue weighted by molar-refractivity contribution is 9.10. The van der Waals surface area contributed by atoms with Crippen molar-refractivity contribution in [3.63, 3.8) is 0 Å². The molecule has 128 valence electrons. The number of carbonyl (C=O) groups excluding carboxylic acids is 2. The predicted molar refractivity (Wildman–Crippen MR) is 99.3 cm³/mol. The van der Waals surface area contributed by atoms with E-state index in [9.17, 15) is 9.59 Å². The Morgan fingerprint density at radius 2 is 1.88 bits per heavy atom. The molecule has 0 aliphatic carbocycles. The maximum Gasteiger partial charge on any atom is 0.355 e. The summed E-state index contributed by atoms with van der Waals surface area (Å²) in [6.45, 7) is 1.55. The van der Waals surface area contributed by atoms with Crippen LogP contribution in [-0.2, 0) is 9.53 Å². The summed E-state index contributed by atoms with van der Waals surface area (Å²) in [5, 5.41) is 3.73. The molecule has 25 heavy (non-hydrogen) atoms. The summed E-state index contributed by atoms with van der Waals surface area (Å²) in [6.07, 6.45) is 0. The van der Waals surface area contributed by atoms with E-state index in [0.717, 1.165) is 20.9 Å². The van der Waals surface area contributed by atoms with Gasteiger partial charge >= 0.3 is 5.97 Å².